The predicted molar refractivity (Wildman–Crippen MR) is 107 cm³/mol. The van der Waals surface area contributed by atoms with Crippen molar-refractivity contribution in [1.29, 1.82) is 0 Å². The van der Waals surface area contributed by atoms with Crippen LogP contribution in [0.1, 0.15) is 27.0 Å². The second-order valence-electron chi connectivity index (χ2n) is 6.46. The van der Waals surface area contributed by atoms with Gasteiger partial charge >= 0.3 is 0 Å². The van der Waals surface area contributed by atoms with E-state index >= 15 is 0 Å². The molecule has 0 aliphatic heterocycles. The van der Waals surface area contributed by atoms with E-state index in [0.717, 1.165) is 9.87 Å². The molecule has 0 spiro atoms. The maximum atomic E-state index is 12.8. The zero-order chi connectivity index (χ0) is 20.5. The van der Waals surface area contributed by atoms with Gasteiger partial charge in [-0.1, -0.05) is 11.6 Å². The van der Waals surface area contributed by atoms with Crippen LogP contribution < -0.4 is 10.1 Å². The van der Waals surface area contributed by atoms with Gasteiger partial charge in [0.2, 0.25) is 10.0 Å². The van der Waals surface area contributed by atoms with Gasteiger partial charge in [0.1, 0.15) is 5.75 Å². The Balaban J connectivity index is 2.50. The third-order valence-electron chi connectivity index (χ3n) is 4.37. The summed E-state index contributed by atoms with van der Waals surface area (Å²) in [5.41, 5.74) is 2.80. The van der Waals surface area contributed by atoms with E-state index in [0.29, 0.717) is 27.6 Å². The number of carbonyl (C=O) groups excluding carboxylic acids is 1. The SMILES string of the molecule is COc1cc(Cl)c(C)cc1NC(=O)c1cc(C)c(C)c(S(=O)(=O)N(C)C)c1. The quantitative estimate of drug-likeness (QED) is 0.813. The fourth-order valence-corrected chi connectivity index (χ4v) is 3.92. The van der Waals surface area contributed by atoms with Crippen molar-refractivity contribution in [3.63, 3.8) is 0 Å². The molecule has 146 valence electrons. The lowest BCUT2D eigenvalue weighted by Crippen LogP contribution is -2.24. The average Bonchev–Trinajstić information content (AvgIpc) is 2.59. The number of sulfonamides is 1. The molecule has 0 bridgehead atoms. The molecule has 0 atom stereocenters. The molecule has 0 radical (unpaired) electrons. The van der Waals surface area contributed by atoms with Gasteiger partial charge in [-0.25, -0.2) is 12.7 Å². The first-order chi connectivity index (χ1) is 12.5. The van der Waals surface area contributed by atoms with Crippen LogP contribution in [-0.2, 0) is 10.0 Å². The monoisotopic (exact) mass is 410 g/mol. The van der Waals surface area contributed by atoms with Crippen molar-refractivity contribution in [2.45, 2.75) is 25.7 Å². The van der Waals surface area contributed by atoms with Crippen LogP contribution in [0.25, 0.3) is 0 Å². The topological polar surface area (TPSA) is 75.7 Å². The van der Waals surface area contributed by atoms with Gasteiger partial charge in [0, 0.05) is 30.7 Å². The summed E-state index contributed by atoms with van der Waals surface area (Å²) in [5, 5.41) is 3.29. The number of halogens is 1. The number of rotatable bonds is 5. The lowest BCUT2D eigenvalue weighted by molar-refractivity contribution is 0.102. The molecule has 6 nitrogen and oxygen atoms in total. The van der Waals surface area contributed by atoms with E-state index in [1.807, 2.05) is 6.92 Å². The molecule has 0 aromatic heterocycles. The van der Waals surface area contributed by atoms with Crippen molar-refractivity contribution in [2.24, 2.45) is 0 Å². The Hall–Kier alpha value is -2.09. The summed E-state index contributed by atoms with van der Waals surface area (Å²) in [6.07, 6.45) is 0. The number of aryl methyl sites for hydroxylation is 2. The number of hydrogen-bond acceptors (Lipinski definition) is 4. The van der Waals surface area contributed by atoms with Gasteiger partial charge in [0.25, 0.3) is 5.91 Å². The van der Waals surface area contributed by atoms with Crippen molar-refractivity contribution in [3.8, 4) is 5.75 Å². The molecule has 0 saturated heterocycles. The number of nitrogens with zero attached hydrogens (tertiary/aromatic N) is 1. The molecular formula is C19H23ClN2O4S. The minimum absolute atomic E-state index is 0.108. The number of hydrogen-bond donors (Lipinski definition) is 1. The summed E-state index contributed by atoms with van der Waals surface area (Å²) in [6, 6.07) is 6.38. The molecular weight excluding hydrogens is 388 g/mol. The zero-order valence-electron chi connectivity index (χ0n) is 16.2. The van der Waals surface area contributed by atoms with Crippen LogP contribution in [0, 0.1) is 20.8 Å². The number of carbonyl (C=O) groups is 1. The molecule has 2 rings (SSSR count). The van der Waals surface area contributed by atoms with Gasteiger partial charge in [-0.2, -0.15) is 0 Å². The van der Waals surface area contributed by atoms with Crippen LogP contribution >= 0.6 is 11.6 Å². The summed E-state index contributed by atoms with van der Waals surface area (Å²) in [6.45, 7) is 5.31. The van der Waals surface area contributed by atoms with Crippen molar-refractivity contribution in [2.75, 3.05) is 26.5 Å². The second-order valence-corrected chi connectivity index (χ2v) is 8.99. The van der Waals surface area contributed by atoms with Crippen LogP contribution in [0.2, 0.25) is 5.02 Å². The van der Waals surface area contributed by atoms with Gasteiger partial charge in [-0.3, -0.25) is 4.79 Å². The zero-order valence-corrected chi connectivity index (χ0v) is 17.7. The summed E-state index contributed by atoms with van der Waals surface area (Å²) >= 11 is 6.09. The number of methoxy groups -OCH3 is 1. The first kappa shape index (κ1) is 21.2. The molecule has 27 heavy (non-hydrogen) atoms. The van der Waals surface area contributed by atoms with Gasteiger partial charge in [-0.15, -0.1) is 0 Å². The van der Waals surface area contributed by atoms with E-state index in [4.69, 9.17) is 16.3 Å². The third-order valence-corrected chi connectivity index (χ3v) is 6.72. The Kier molecular flexibility index (Phi) is 6.19. The second kappa shape index (κ2) is 7.88. The highest BCUT2D eigenvalue weighted by Crippen LogP contribution is 2.31. The summed E-state index contributed by atoms with van der Waals surface area (Å²) < 4.78 is 31.6. The van der Waals surface area contributed by atoms with E-state index in [9.17, 15) is 13.2 Å². The molecule has 8 heteroatoms. The molecule has 0 saturated carbocycles. The lowest BCUT2D eigenvalue weighted by Gasteiger charge is -2.17. The van der Waals surface area contributed by atoms with Crippen molar-refractivity contribution >= 4 is 33.2 Å². The van der Waals surface area contributed by atoms with E-state index in [2.05, 4.69) is 5.32 Å². The molecule has 0 fully saturated rings. The average molecular weight is 411 g/mol. The Bertz CT molecular complexity index is 1000. The van der Waals surface area contributed by atoms with Gasteiger partial charge in [-0.05, 0) is 55.7 Å². The number of nitrogens with one attached hydrogen (secondary N) is 1. The maximum absolute atomic E-state index is 12.8. The highest BCUT2D eigenvalue weighted by molar-refractivity contribution is 7.89. The first-order valence-electron chi connectivity index (χ1n) is 8.18. The molecule has 2 aromatic rings. The Morgan fingerprint density at radius 2 is 1.70 bits per heavy atom. The van der Waals surface area contributed by atoms with E-state index in [1.165, 1.54) is 27.3 Å². The fourth-order valence-electron chi connectivity index (χ4n) is 2.55. The minimum Gasteiger partial charge on any atom is -0.495 e. The van der Waals surface area contributed by atoms with Crippen LogP contribution in [0.3, 0.4) is 0 Å². The van der Waals surface area contributed by atoms with Gasteiger partial charge in [0.15, 0.2) is 0 Å². The molecule has 1 amide bonds. The Morgan fingerprint density at radius 3 is 2.26 bits per heavy atom. The minimum atomic E-state index is -3.67. The molecule has 2 aromatic carbocycles. The summed E-state index contributed by atoms with van der Waals surface area (Å²) in [5.74, 6) is -0.0164. The van der Waals surface area contributed by atoms with Crippen molar-refractivity contribution in [3.05, 3.63) is 51.5 Å². The van der Waals surface area contributed by atoms with Crippen LogP contribution in [0.4, 0.5) is 5.69 Å². The van der Waals surface area contributed by atoms with E-state index < -0.39 is 15.9 Å². The molecule has 0 aliphatic carbocycles. The van der Waals surface area contributed by atoms with Crippen LogP contribution in [0.15, 0.2) is 29.2 Å². The third kappa shape index (κ3) is 4.26. The van der Waals surface area contributed by atoms with Crippen LogP contribution in [-0.4, -0.2) is 39.8 Å². The van der Waals surface area contributed by atoms with Gasteiger partial charge < -0.3 is 10.1 Å². The largest absolute Gasteiger partial charge is 0.495 e. The smallest absolute Gasteiger partial charge is 0.255 e. The van der Waals surface area contributed by atoms with E-state index in [1.54, 1.807) is 32.0 Å². The molecule has 0 aliphatic rings. The molecule has 0 heterocycles. The Labute approximate surface area is 165 Å². The van der Waals surface area contributed by atoms with Crippen LogP contribution in [0.5, 0.6) is 5.75 Å². The van der Waals surface area contributed by atoms with Crippen molar-refractivity contribution in [1.82, 2.24) is 4.31 Å². The number of amides is 1. The molecule has 1 N–H and O–H groups in total. The summed E-state index contributed by atoms with van der Waals surface area (Å²) in [4.78, 5) is 12.9. The fraction of sp³-hybridized carbons (Fsp3) is 0.316. The molecule has 0 unspecified atom stereocenters. The predicted octanol–water partition coefficient (Wildman–Crippen LogP) is 3.78. The number of benzene rings is 2. The lowest BCUT2D eigenvalue weighted by atomic mass is 10.1. The first-order valence-corrected chi connectivity index (χ1v) is 10.00. The number of ether oxygens (including phenoxy) is 1. The standard InChI is InChI=1S/C19H23ClN2O4S/c1-11-7-14(9-18(13(11)3)27(24,25)22(4)5)19(23)21-16-8-12(2)15(20)10-17(16)26-6/h7-10H,1-6H3,(H,21,23). The van der Waals surface area contributed by atoms with E-state index in [-0.39, 0.29) is 10.5 Å². The number of anilines is 1. The van der Waals surface area contributed by atoms with Gasteiger partial charge in [0.05, 0.1) is 17.7 Å². The maximum Gasteiger partial charge on any atom is 0.255 e. The normalized spacial score (nSPS) is 11.6. The highest BCUT2D eigenvalue weighted by atomic mass is 35.5. The highest BCUT2D eigenvalue weighted by Gasteiger charge is 2.23. The summed E-state index contributed by atoms with van der Waals surface area (Å²) in [7, 11) is 0.721. The Morgan fingerprint density at radius 1 is 1.07 bits per heavy atom. The van der Waals surface area contributed by atoms with Crippen molar-refractivity contribution < 1.29 is 17.9 Å².